The van der Waals surface area contributed by atoms with Gasteiger partial charge in [0.1, 0.15) is 0 Å². The van der Waals surface area contributed by atoms with Crippen molar-refractivity contribution in [3.8, 4) is 0 Å². The molecular weight excluding hydrogens is 190 g/mol. The van der Waals surface area contributed by atoms with Crippen LogP contribution in [-0.2, 0) is 22.2 Å². The summed E-state index contributed by atoms with van der Waals surface area (Å²) >= 11 is 0. The van der Waals surface area contributed by atoms with Gasteiger partial charge < -0.3 is 5.11 Å². The first-order valence-corrected chi connectivity index (χ1v) is 5.80. The zero-order valence-electron chi connectivity index (χ0n) is 7.27. The molecule has 0 aliphatic heterocycles. The molecule has 1 N–H and O–H groups in total. The van der Waals surface area contributed by atoms with E-state index in [1.165, 1.54) is 6.20 Å². The maximum absolute atomic E-state index is 10.9. The maximum Gasteiger partial charge on any atom is 0.153 e. The lowest BCUT2D eigenvalue weighted by Gasteiger charge is -1.99. The molecule has 0 radical (unpaired) electrons. The van der Waals surface area contributed by atoms with Crippen LogP contribution in [0.4, 0.5) is 0 Å². The van der Waals surface area contributed by atoms with Gasteiger partial charge in [0.15, 0.2) is 9.84 Å². The highest BCUT2D eigenvalue weighted by molar-refractivity contribution is 7.89. The highest BCUT2D eigenvalue weighted by Crippen LogP contribution is 2.03. The van der Waals surface area contributed by atoms with Gasteiger partial charge in [0.25, 0.3) is 0 Å². The Hall–Kier alpha value is -0.940. The lowest BCUT2D eigenvalue weighted by molar-refractivity contribution is 0.281. The predicted octanol–water partition coefficient (Wildman–Crippen LogP) is 0.119. The van der Waals surface area contributed by atoms with Crippen molar-refractivity contribution < 1.29 is 13.5 Å². The Morgan fingerprint density at radius 3 is 2.54 bits per heavy atom. The predicted molar refractivity (Wildman–Crippen MR) is 48.7 cm³/mol. The Morgan fingerprint density at radius 2 is 2.15 bits per heavy atom. The van der Waals surface area contributed by atoms with Crippen LogP contribution in [-0.4, -0.2) is 24.8 Å². The van der Waals surface area contributed by atoms with E-state index < -0.39 is 9.84 Å². The number of hydrogen-bond acceptors (Lipinski definition) is 4. The van der Waals surface area contributed by atoms with Gasteiger partial charge in [0.05, 0.1) is 18.1 Å². The summed E-state index contributed by atoms with van der Waals surface area (Å²) in [6.07, 6.45) is 2.63. The molecule has 13 heavy (non-hydrogen) atoms. The molecule has 1 aromatic rings. The van der Waals surface area contributed by atoms with Gasteiger partial charge in [-0.25, -0.2) is 8.42 Å². The maximum atomic E-state index is 10.9. The summed E-state index contributed by atoms with van der Waals surface area (Å²) in [5.41, 5.74) is 1.18. The number of aliphatic hydroxyl groups excluding tert-OH is 1. The molecule has 1 rings (SSSR count). The first-order valence-electron chi connectivity index (χ1n) is 3.73. The van der Waals surface area contributed by atoms with E-state index in [0.717, 1.165) is 6.26 Å². The molecule has 0 saturated carbocycles. The van der Waals surface area contributed by atoms with Crippen molar-refractivity contribution in [2.24, 2.45) is 0 Å². The Morgan fingerprint density at radius 1 is 1.46 bits per heavy atom. The zero-order chi connectivity index (χ0) is 9.90. The fourth-order valence-electron chi connectivity index (χ4n) is 0.903. The molecule has 72 valence electrons. The second-order valence-corrected chi connectivity index (χ2v) is 5.03. The smallest absolute Gasteiger partial charge is 0.153 e. The summed E-state index contributed by atoms with van der Waals surface area (Å²) in [7, 11) is -3.02. The highest BCUT2D eigenvalue weighted by Gasteiger charge is 2.04. The minimum Gasteiger partial charge on any atom is -0.392 e. The minimum absolute atomic E-state index is 0.0568. The standard InChI is InChI=1S/C8H11NO3S/c1-13(11,12)6-8-3-2-7(5-10)4-9-8/h2-4,10H,5-6H2,1H3. The van der Waals surface area contributed by atoms with Crippen molar-refractivity contribution in [3.63, 3.8) is 0 Å². The zero-order valence-corrected chi connectivity index (χ0v) is 8.08. The molecule has 0 fully saturated rings. The number of aliphatic hydroxyl groups is 1. The van der Waals surface area contributed by atoms with Crippen LogP contribution in [0.1, 0.15) is 11.3 Å². The number of nitrogens with zero attached hydrogens (tertiary/aromatic N) is 1. The summed E-state index contributed by atoms with van der Waals surface area (Å²) in [5.74, 6) is -0.0568. The van der Waals surface area contributed by atoms with Crippen LogP contribution in [0.15, 0.2) is 18.3 Å². The normalized spacial score (nSPS) is 11.5. The van der Waals surface area contributed by atoms with E-state index in [9.17, 15) is 8.42 Å². The van der Waals surface area contributed by atoms with Crippen molar-refractivity contribution >= 4 is 9.84 Å². The van der Waals surface area contributed by atoms with Gasteiger partial charge in [0.2, 0.25) is 0 Å². The van der Waals surface area contributed by atoms with Crippen molar-refractivity contribution in [2.75, 3.05) is 6.26 Å². The molecule has 1 heterocycles. The van der Waals surface area contributed by atoms with Gasteiger partial charge in [-0.15, -0.1) is 0 Å². The molecule has 5 heteroatoms. The molecule has 1 aromatic heterocycles. The fourth-order valence-corrected chi connectivity index (χ4v) is 1.61. The van der Waals surface area contributed by atoms with Gasteiger partial charge in [-0.05, 0) is 11.6 Å². The molecule has 0 aromatic carbocycles. The van der Waals surface area contributed by atoms with Crippen LogP contribution < -0.4 is 0 Å². The topological polar surface area (TPSA) is 67.3 Å². The summed E-state index contributed by atoms with van der Waals surface area (Å²) < 4.78 is 21.7. The summed E-state index contributed by atoms with van der Waals surface area (Å²) in [5, 5.41) is 8.70. The Labute approximate surface area is 77.2 Å². The van der Waals surface area contributed by atoms with Gasteiger partial charge in [-0.3, -0.25) is 4.98 Å². The third-order valence-corrected chi connectivity index (χ3v) is 2.30. The van der Waals surface area contributed by atoms with E-state index >= 15 is 0 Å². The van der Waals surface area contributed by atoms with Crippen molar-refractivity contribution in [1.82, 2.24) is 4.98 Å². The lowest BCUT2D eigenvalue weighted by atomic mass is 10.3. The van der Waals surface area contributed by atoms with E-state index in [1.54, 1.807) is 12.1 Å². The SMILES string of the molecule is CS(=O)(=O)Cc1ccc(CO)cn1. The van der Waals surface area contributed by atoms with E-state index in [4.69, 9.17) is 5.11 Å². The van der Waals surface area contributed by atoms with Crippen LogP contribution in [0, 0.1) is 0 Å². The minimum atomic E-state index is -3.02. The van der Waals surface area contributed by atoms with Gasteiger partial charge >= 0.3 is 0 Å². The van der Waals surface area contributed by atoms with Crippen LogP contribution in [0.3, 0.4) is 0 Å². The van der Waals surface area contributed by atoms with Crippen LogP contribution in [0.5, 0.6) is 0 Å². The second-order valence-electron chi connectivity index (χ2n) is 2.89. The number of rotatable bonds is 3. The van der Waals surface area contributed by atoms with Gasteiger partial charge in [-0.1, -0.05) is 6.07 Å². The lowest BCUT2D eigenvalue weighted by Crippen LogP contribution is -2.02. The number of hydrogen-bond donors (Lipinski definition) is 1. The second kappa shape index (κ2) is 3.85. The van der Waals surface area contributed by atoms with E-state index in [1.807, 2.05) is 0 Å². The van der Waals surface area contributed by atoms with Crippen LogP contribution in [0.2, 0.25) is 0 Å². The monoisotopic (exact) mass is 201 g/mol. The summed E-state index contributed by atoms with van der Waals surface area (Å²) in [4.78, 5) is 3.90. The first kappa shape index (κ1) is 10.1. The third kappa shape index (κ3) is 3.52. The largest absolute Gasteiger partial charge is 0.392 e. The number of aromatic nitrogens is 1. The van der Waals surface area contributed by atoms with E-state index in [0.29, 0.717) is 11.3 Å². The average Bonchev–Trinajstić information content (AvgIpc) is 2.03. The van der Waals surface area contributed by atoms with E-state index in [-0.39, 0.29) is 12.4 Å². The summed E-state index contributed by atoms with van der Waals surface area (Å²) in [6, 6.07) is 3.26. The highest BCUT2D eigenvalue weighted by atomic mass is 32.2. The molecule has 0 saturated heterocycles. The van der Waals surface area contributed by atoms with Crippen molar-refractivity contribution in [1.29, 1.82) is 0 Å². The third-order valence-electron chi connectivity index (χ3n) is 1.48. The Balaban J connectivity index is 2.81. The first-order chi connectivity index (χ1) is 6.01. The molecule has 0 bridgehead atoms. The molecular formula is C8H11NO3S. The fraction of sp³-hybridized carbons (Fsp3) is 0.375. The molecule has 0 amide bonds. The Bertz CT molecular complexity index is 369. The average molecular weight is 201 g/mol. The molecule has 0 atom stereocenters. The number of pyridine rings is 1. The molecule has 0 spiro atoms. The van der Waals surface area contributed by atoms with Gasteiger partial charge in [0, 0.05) is 12.5 Å². The van der Waals surface area contributed by atoms with E-state index in [2.05, 4.69) is 4.98 Å². The number of sulfone groups is 1. The quantitative estimate of drug-likeness (QED) is 0.754. The van der Waals surface area contributed by atoms with Crippen molar-refractivity contribution in [3.05, 3.63) is 29.6 Å². The molecule has 0 aliphatic carbocycles. The molecule has 0 aliphatic rings. The Kier molecular flexibility index (Phi) is 3.00. The summed E-state index contributed by atoms with van der Waals surface area (Å²) in [6.45, 7) is -0.0772. The van der Waals surface area contributed by atoms with Crippen LogP contribution >= 0.6 is 0 Å². The van der Waals surface area contributed by atoms with Gasteiger partial charge in [-0.2, -0.15) is 0 Å². The molecule has 0 unspecified atom stereocenters. The van der Waals surface area contributed by atoms with Crippen molar-refractivity contribution in [2.45, 2.75) is 12.4 Å². The van der Waals surface area contributed by atoms with Crippen LogP contribution in [0.25, 0.3) is 0 Å². The molecule has 4 nitrogen and oxygen atoms in total.